The van der Waals surface area contributed by atoms with Crippen LogP contribution in [0.25, 0.3) is 0 Å². The molecule has 36 heavy (non-hydrogen) atoms. The van der Waals surface area contributed by atoms with E-state index in [4.69, 9.17) is 4.74 Å². The maximum absolute atomic E-state index is 13.8. The van der Waals surface area contributed by atoms with Gasteiger partial charge in [0.1, 0.15) is 17.8 Å². The van der Waals surface area contributed by atoms with Crippen LogP contribution in [-0.4, -0.2) is 73.0 Å². The lowest BCUT2D eigenvalue weighted by molar-refractivity contribution is -0.137. The molecule has 0 bridgehead atoms. The Kier molecular flexibility index (Phi) is 7.82. The summed E-state index contributed by atoms with van der Waals surface area (Å²) in [4.78, 5) is 45.1. The van der Waals surface area contributed by atoms with Crippen LogP contribution in [0.1, 0.15) is 43.5 Å². The van der Waals surface area contributed by atoms with E-state index in [2.05, 4.69) is 24.1 Å². The molecule has 4 rings (SSSR count). The van der Waals surface area contributed by atoms with Gasteiger partial charge in [0.05, 0.1) is 13.8 Å². The summed E-state index contributed by atoms with van der Waals surface area (Å²) in [6.07, 6.45) is 2.00. The van der Waals surface area contributed by atoms with Crippen molar-refractivity contribution in [1.29, 1.82) is 0 Å². The zero-order valence-electron chi connectivity index (χ0n) is 21.4. The number of para-hydroxylation sites is 1. The second kappa shape index (κ2) is 11.0. The molecular weight excluding hydrogens is 456 g/mol. The quantitative estimate of drug-likeness (QED) is 0.612. The third-order valence-electron chi connectivity index (χ3n) is 7.48. The second-order valence-corrected chi connectivity index (χ2v) is 9.78. The van der Waals surface area contributed by atoms with Gasteiger partial charge in [-0.3, -0.25) is 14.4 Å². The molecule has 0 saturated carbocycles. The first kappa shape index (κ1) is 25.5. The van der Waals surface area contributed by atoms with Crippen LogP contribution in [0.2, 0.25) is 0 Å². The summed E-state index contributed by atoms with van der Waals surface area (Å²) < 4.78 is 5.19. The highest BCUT2D eigenvalue weighted by molar-refractivity contribution is 5.97. The summed E-state index contributed by atoms with van der Waals surface area (Å²) in [5.41, 5.74) is 0.780. The molecule has 2 fully saturated rings. The minimum atomic E-state index is -0.769. The lowest BCUT2D eigenvalue weighted by Gasteiger charge is -2.43. The number of methoxy groups -OCH3 is 1. The van der Waals surface area contributed by atoms with E-state index in [0.29, 0.717) is 56.4 Å². The fraction of sp³-hybridized carbons (Fsp3) is 0.464. The number of benzene rings is 2. The number of ether oxygens (including phenoxy) is 1. The first-order valence-electron chi connectivity index (χ1n) is 12.7. The minimum absolute atomic E-state index is 0.0366. The molecule has 1 spiro atoms. The number of amides is 3. The van der Waals surface area contributed by atoms with Crippen molar-refractivity contribution in [2.45, 2.75) is 38.6 Å². The molecule has 1 N–H and O–H groups in total. The van der Waals surface area contributed by atoms with Crippen LogP contribution in [0.5, 0.6) is 5.75 Å². The predicted octanol–water partition coefficient (Wildman–Crippen LogP) is 3.14. The Labute approximate surface area is 213 Å². The van der Waals surface area contributed by atoms with Gasteiger partial charge in [0, 0.05) is 30.9 Å². The number of nitrogens with zero attached hydrogens (tertiary/aromatic N) is 3. The highest BCUT2D eigenvalue weighted by Crippen LogP contribution is 2.39. The van der Waals surface area contributed by atoms with Crippen molar-refractivity contribution < 1.29 is 19.1 Å². The summed E-state index contributed by atoms with van der Waals surface area (Å²) in [5.74, 6) is 0.864. The summed E-state index contributed by atoms with van der Waals surface area (Å²) >= 11 is 0. The van der Waals surface area contributed by atoms with Gasteiger partial charge < -0.3 is 24.8 Å². The molecule has 2 aromatic rings. The molecule has 2 aliphatic rings. The van der Waals surface area contributed by atoms with E-state index >= 15 is 0 Å². The van der Waals surface area contributed by atoms with Gasteiger partial charge >= 0.3 is 0 Å². The van der Waals surface area contributed by atoms with E-state index in [1.165, 1.54) is 0 Å². The second-order valence-electron chi connectivity index (χ2n) is 9.78. The Bertz CT molecular complexity index is 1060. The van der Waals surface area contributed by atoms with Crippen molar-refractivity contribution in [3.05, 3.63) is 60.2 Å². The monoisotopic (exact) mass is 492 g/mol. The van der Waals surface area contributed by atoms with Crippen LogP contribution < -0.4 is 15.0 Å². The number of anilines is 1. The van der Waals surface area contributed by atoms with Gasteiger partial charge in [-0.15, -0.1) is 0 Å². The third kappa shape index (κ3) is 5.17. The molecule has 2 aromatic carbocycles. The number of likely N-dealkylation sites (tertiary alicyclic amines) is 1. The first-order chi connectivity index (χ1) is 17.4. The SMILES string of the molecule is CCC(C)CNC(=O)CN1CN(c2ccccc2)C2(CCN(C(=O)c3ccc(OC)cc3)CC2)C1=O. The van der Waals surface area contributed by atoms with E-state index in [9.17, 15) is 14.4 Å². The van der Waals surface area contributed by atoms with Crippen LogP contribution in [-0.2, 0) is 9.59 Å². The van der Waals surface area contributed by atoms with Gasteiger partial charge in [-0.2, -0.15) is 0 Å². The standard InChI is InChI=1S/C28H36N4O4/c1-4-21(2)18-29-25(33)19-31-20-32(23-8-6-5-7-9-23)28(27(31)35)14-16-30(17-15-28)26(34)22-10-12-24(36-3)13-11-22/h5-13,21H,4,14-20H2,1-3H3,(H,29,33). The van der Waals surface area contributed by atoms with Gasteiger partial charge in [0.15, 0.2) is 0 Å². The number of nitrogens with one attached hydrogen (secondary N) is 1. The van der Waals surface area contributed by atoms with E-state index in [-0.39, 0.29) is 24.3 Å². The van der Waals surface area contributed by atoms with Crippen LogP contribution in [0.15, 0.2) is 54.6 Å². The van der Waals surface area contributed by atoms with Gasteiger partial charge in [-0.25, -0.2) is 0 Å². The Morgan fingerprint density at radius 3 is 2.33 bits per heavy atom. The van der Waals surface area contributed by atoms with E-state index in [1.807, 2.05) is 35.2 Å². The summed E-state index contributed by atoms with van der Waals surface area (Å²) in [6.45, 7) is 6.11. The average molecular weight is 493 g/mol. The topological polar surface area (TPSA) is 82.2 Å². The molecular formula is C28H36N4O4. The van der Waals surface area contributed by atoms with Gasteiger partial charge in [0.2, 0.25) is 5.91 Å². The van der Waals surface area contributed by atoms with Crippen molar-refractivity contribution >= 4 is 23.4 Å². The molecule has 2 aliphatic heterocycles. The molecule has 1 atom stereocenters. The molecule has 0 radical (unpaired) electrons. The first-order valence-corrected chi connectivity index (χ1v) is 12.7. The molecule has 0 aromatic heterocycles. The van der Waals surface area contributed by atoms with Crippen LogP contribution in [0.4, 0.5) is 5.69 Å². The smallest absolute Gasteiger partial charge is 0.253 e. The maximum atomic E-state index is 13.8. The number of piperidine rings is 1. The zero-order valence-corrected chi connectivity index (χ0v) is 21.4. The third-order valence-corrected chi connectivity index (χ3v) is 7.48. The highest BCUT2D eigenvalue weighted by Gasteiger charge is 2.54. The normalized spacial score (nSPS) is 17.9. The van der Waals surface area contributed by atoms with Crippen molar-refractivity contribution in [3.63, 3.8) is 0 Å². The van der Waals surface area contributed by atoms with Crippen molar-refractivity contribution in [2.75, 3.05) is 44.9 Å². The van der Waals surface area contributed by atoms with Crippen LogP contribution in [0.3, 0.4) is 0 Å². The molecule has 8 heteroatoms. The average Bonchev–Trinajstić information content (AvgIpc) is 3.18. The van der Waals surface area contributed by atoms with Crippen LogP contribution >= 0.6 is 0 Å². The zero-order chi connectivity index (χ0) is 25.7. The Morgan fingerprint density at radius 1 is 1.06 bits per heavy atom. The molecule has 2 saturated heterocycles. The fourth-order valence-electron chi connectivity index (χ4n) is 4.98. The summed E-state index contributed by atoms with van der Waals surface area (Å²) in [6, 6.07) is 16.9. The molecule has 8 nitrogen and oxygen atoms in total. The number of carbonyl (C=O) groups is 3. The van der Waals surface area contributed by atoms with Crippen molar-refractivity contribution in [2.24, 2.45) is 5.92 Å². The fourth-order valence-corrected chi connectivity index (χ4v) is 4.98. The lowest BCUT2D eigenvalue weighted by Crippen LogP contribution is -2.57. The number of rotatable bonds is 8. The van der Waals surface area contributed by atoms with Gasteiger partial charge in [-0.05, 0) is 55.2 Å². The molecule has 0 aliphatic carbocycles. The van der Waals surface area contributed by atoms with E-state index in [1.54, 1.807) is 36.3 Å². The van der Waals surface area contributed by atoms with Crippen molar-refractivity contribution in [1.82, 2.24) is 15.1 Å². The van der Waals surface area contributed by atoms with Crippen LogP contribution in [0, 0.1) is 5.92 Å². The molecule has 2 heterocycles. The van der Waals surface area contributed by atoms with E-state index in [0.717, 1.165) is 12.1 Å². The Morgan fingerprint density at radius 2 is 1.72 bits per heavy atom. The largest absolute Gasteiger partial charge is 0.497 e. The molecule has 3 amide bonds. The Hall–Kier alpha value is -3.55. The number of hydrogen-bond donors (Lipinski definition) is 1. The number of carbonyl (C=O) groups excluding carboxylic acids is 3. The summed E-state index contributed by atoms with van der Waals surface area (Å²) in [7, 11) is 1.59. The minimum Gasteiger partial charge on any atom is -0.497 e. The summed E-state index contributed by atoms with van der Waals surface area (Å²) in [5, 5.41) is 2.96. The lowest BCUT2D eigenvalue weighted by atomic mass is 9.85. The van der Waals surface area contributed by atoms with Gasteiger partial charge in [-0.1, -0.05) is 38.5 Å². The van der Waals surface area contributed by atoms with Crippen molar-refractivity contribution in [3.8, 4) is 5.75 Å². The highest BCUT2D eigenvalue weighted by atomic mass is 16.5. The predicted molar refractivity (Wildman–Crippen MR) is 139 cm³/mol. The van der Waals surface area contributed by atoms with Gasteiger partial charge in [0.25, 0.3) is 11.8 Å². The molecule has 192 valence electrons. The Balaban J connectivity index is 1.49. The number of hydrogen-bond acceptors (Lipinski definition) is 5. The van der Waals surface area contributed by atoms with E-state index < -0.39 is 5.54 Å². The molecule has 1 unspecified atom stereocenters. The maximum Gasteiger partial charge on any atom is 0.253 e.